The van der Waals surface area contributed by atoms with Crippen LogP contribution >= 0.6 is 0 Å². The highest BCUT2D eigenvalue weighted by Crippen LogP contribution is 2.33. The highest BCUT2D eigenvalue weighted by molar-refractivity contribution is 7.89. The SMILES string of the molecule is CC(=O)N1CCOc2ccc(S(=O)(=O)NCc3ccccc3C)cc21. The standard InChI is InChI=1S/C18H20N2O4S/c1-13-5-3-4-6-15(13)12-19-25(22,23)16-7-8-18-17(11-16)20(14(2)21)9-10-24-18/h3-8,11,19H,9-10,12H2,1-2H3. The number of fused-ring (bicyclic) bond motifs is 1. The van der Waals surface area contributed by atoms with Crippen molar-refractivity contribution in [2.45, 2.75) is 25.3 Å². The highest BCUT2D eigenvalue weighted by Gasteiger charge is 2.24. The molecule has 1 aliphatic rings. The number of aryl methyl sites for hydroxylation is 1. The third kappa shape index (κ3) is 3.67. The summed E-state index contributed by atoms with van der Waals surface area (Å²) in [6, 6.07) is 12.2. The second kappa shape index (κ2) is 6.85. The van der Waals surface area contributed by atoms with E-state index in [4.69, 9.17) is 4.74 Å². The van der Waals surface area contributed by atoms with E-state index < -0.39 is 10.0 Å². The lowest BCUT2D eigenvalue weighted by atomic mass is 10.1. The molecule has 1 heterocycles. The summed E-state index contributed by atoms with van der Waals surface area (Å²) in [7, 11) is -3.70. The first-order chi connectivity index (χ1) is 11.9. The van der Waals surface area contributed by atoms with Crippen LogP contribution in [0.2, 0.25) is 0 Å². The van der Waals surface area contributed by atoms with Gasteiger partial charge in [0.2, 0.25) is 15.9 Å². The van der Waals surface area contributed by atoms with Gasteiger partial charge in [0.1, 0.15) is 12.4 Å². The predicted molar refractivity (Wildman–Crippen MR) is 95.2 cm³/mol. The summed E-state index contributed by atoms with van der Waals surface area (Å²) in [5, 5.41) is 0. The number of ether oxygens (including phenoxy) is 1. The van der Waals surface area contributed by atoms with Gasteiger partial charge in [-0.1, -0.05) is 24.3 Å². The largest absolute Gasteiger partial charge is 0.490 e. The highest BCUT2D eigenvalue weighted by atomic mass is 32.2. The third-order valence-corrected chi connectivity index (χ3v) is 5.60. The number of amides is 1. The molecule has 0 aliphatic carbocycles. The summed E-state index contributed by atoms with van der Waals surface area (Å²) < 4.78 is 33.4. The Morgan fingerprint density at radius 1 is 1.24 bits per heavy atom. The van der Waals surface area contributed by atoms with Crippen LogP contribution in [-0.4, -0.2) is 27.5 Å². The Hall–Kier alpha value is -2.38. The summed E-state index contributed by atoms with van der Waals surface area (Å²) in [4.78, 5) is 13.4. The Morgan fingerprint density at radius 2 is 2.00 bits per heavy atom. The van der Waals surface area contributed by atoms with Crippen LogP contribution in [0.1, 0.15) is 18.1 Å². The van der Waals surface area contributed by atoms with Gasteiger partial charge in [-0.3, -0.25) is 4.79 Å². The van der Waals surface area contributed by atoms with Gasteiger partial charge in [0.25, 0.3) is 0 Å². The zero-order valence-electron chi connectivity index (χ0n) is 14.2. The molecule has 1 amide bonds. The van der Waals surface area contributed by atoms with Crippen LogP contribution in [0, 0.1) is 6.92 Å². The van der Waals surface area contributed by atoms with E-state index in [1.165, 1.54) is 24.0 Å². The molecule has 0 radical (unpaired) electrons. The first-order valence-corrected chi connectivity index (χ1v) is 9.46. The number of nitrogens with zero attached hydrogens (tertiary/aromatic N) is 1. The fourth-order valence-electron chi connectivity index (χ4n) is 2.76. The zero-order valence-corrected chi connectivity index (χ0v) is 15.0. The maximum atomic E-state index is 12.6. The van der Waals surface area contributed by atoms with E-state index in [9.17, 15) is 13.2 Å². The number of carbonyl (C=O) groups is 1. The van der Waals surface area contributed by atoms with Gasteiger partial charge in [-0.15, -0.1) is 0 Å². The molecule has 0 atom stereocenters. The topological polar surface area (TPSA) is 75.7 Å². The number of benzene rings is 2. The van der Waals surface area contributed by atoms with Crippen molar-refractivity contribution in [3.63, 3.8) is 0 Å². The Morgan fingerprint density at radius 3 is 2.72 bits per heavy atom. The van der Waals surface area contributed by atoms with Gasteiger partial charge in [-0.05, 0) is 36.2 Å². The molecule has 0 fully saturated rings. The Labute approximate surface area is 147 Å². The predicted octanol–water partition coefficient (Wildman–Crippen LogP) is 2.22. The van der Waals surface area contributed by atoms with Crippen molar-refractivity contribution in [3.8, 4) is 5.75 Å². The van der Waals surface area contributed by atoms with Crippen molar-refractivity contribution in [2.24, 2.45) is 0 Å². The number of hydrogen-bond donors (Lipinski definition) is 1. The lowest BCUT2D eigenvalue weighted by molar-refractivity contribution is -0.116. The Bertz CT molecular complexity index is 909. The molecule has 0 spiro atoms. The van der Waals surface area contributed by atoms with Gasteiger partial charge in [0.05, 0.1) is 17.1 Å². The van der Waals surface area contributed by atoms with Crippen LogP contribution in [-0.2, 0) is 21.4 Å². The molecule has 7 heteroatoms. The molecule has 1 aliphatic heterocycles. The Balaban J connectivity index is 1.87. The van der Waals surface area contributed by atoms with Crippen LogP contribution in [0.3, 0.4) is 0 Å². The summed E-state index contributed by atoms with van der Waals surface area (Å²) in [6.07, 6.45) is 0. The van der Waals surface area contributed by atoms with Crippen molar-refractivity contribution in [2.75, 3.05) is 18.1 Å². The van der Waals surface area contributed by atoms with Crippen molar-refractivity contribution in [1.29, 1.82) is 0 Å². The normalized spacial score (nSPS) is 13.9. The molecule has 0 saturated carbocycles. The van der Waals surface area contributed by atoms with E-state index in [2.05, 4.69) is 4.72 Å². The van der Waals surface area contributed by atoms with Crippen LogP contribution in [0.15, 0.2) is 47.4 Å². The smallest absolute Gasteiger partial charge is 0.240 e. The van der Waals surface area contributed by atoms with Crippen LogP contribution in [0.5, 0.6) is 5.75 Å². The average molecular weight is 360 g/mol. The number of rotatable bonds is 4. The summed E-state index contributed by atoms with van der Waals surface area (Å²) in [5.41, 5.74) is 2.42. The third-order valence-electron chi connectivity index (χ3n) is 4.20. The van der Waals surface area contributed by atoms with Gasteiger partial charge in [-0.25, -0.2) is 13.1 Å². The van der Waals surface area contributed by atoms with E-state index in [1.807, 2.05) is 31.2 Å². The van der Waals surface area contributed by atoms with Gasteiger partial charge in [-0.2, -0.15) is 0 Å². The lowest BCUT2D eigenvalue weighted by Gasteiger charge is -2.29. The fraction of sp³-hybridized carbons (Fsp3) is 0.278. The van der Waals surface area contributed by atoms with Gasteiger partial charge in [0.15, 0.2) is 0 Å². The molecule has 132 valence electrons. The minimum absolute atomic E-state index is 0.108. The molecule has 2 aromatic carbocycles. The Kier molecular flexibility index (Phi) is 4.78. The lowest BCUT2D eigenvalue weighted by Crippen LogP contribution is -2.36. The number of nitrogens with one attached hydrogen (secondary N) is 1. The molecule has 3 rings (SSSR count). The summed E-state index contributed by atoms with van der Waals surface area (Å²) in [5.74, 6) is 0.367. The molecule has 0 saturated heterocycles. The van der Waals surface area contributed by atoms with E-state index >= 15 is 0 Å². The van der Waals surface area contributed by atoms with Crippen molar-refractivity contribution in [3.05, 3.63) is 53.6 Å². The quantitative estimate of drug-likeness (QED) is 0.907. The van der Waals surface area contributed by atoms with E-state index in [0.29, 0.717) is 24.6 Å². The maximum absolute atomic E-state index is 12.6. The minimum Gasteiger partial charge on any atom is -0.490 e. The van der Waals surface area contributed by atoms with Gasteiger partial charge >= 0.3 is 0 Å². The maximum Gasteiger partial charge on any atom is 0.240 e. The number of anilines is 1. The monoisotopic (exact) mass is 360 g/mol. The summed E-state index contributed by atoms with van der Waals surface area (Å²) in [6.45, 7) is 4.39. The van der Waals surface area contributed by atoms with Crippen LogP contribution < -0.4 is 14.4 Å². The summed E-state index contributed by atoms with van der Waals surface area (Å²) >= 11 is 0. The molecule has 25 heavy (non-hydrogen) atoms. The number of sulfonamides is 1. The van der Waals surface area contributed by atoms with Gasteiger partial charge in [0, 0.05) is 13.5 Å². The number of hydrogen-bond acceptors (Lipinski definition) is 4. The van der Waals surface area contributed by atoms with Crippen LogP contribution in [0.25, 0.3) is 0 Å². The minimum atomic E-state index is -3.70. The average Bonchev–Trinajstić information content (AvgIpc) is 2.60. The molecule has 1 N–H and O–H groups in total. The molecular weight excluding hydrogens is 340 g/mol. The molecule has 0 aromatic heterocycles. The molecule has 2 aromatic rings. The van der Waals surface area contributed by atoms with Gasteiger partial charge < -0.3 is 9.64 Å². The molecule has 6 nitrogen and oxygen atoms in total. The first-order valence-electron chi connectivity index (χ1n) is 7.97. The second-order valence-electron chi connectivity index (χ2n) is 5.90. The molecule has 0 unspecified atom stereocenters. The van der Waals surface area contributed by atoms with Crippen molar-refractivity contribution < 1.29 is 17.9 Å². The fourth-order valence-corrected chi connectivity index (χ4v) is 3.78. The van der Waals surface area contributed by atoms with E-state index in [1.54, 1.807) is 6.07 Å². The molecular formula is C18H20N2O4S. The van der Waals surface area contributed by atoms with E-state index in [-0.39, 0.29) is 17.3 Å². The zero-order chi connectivity index (χ0) is 18.0. The first kappa shape index (κ1) is 17.4. The van der Waals surface area contributed by atoms with Crippen LogP contribution in [0.4, 0.5) is 5.69 Å². The molecule has 0 bridgehead atoms. The second-order valence-corrected chi connectivity index (χ2v) is 7.67. The van der Waals surface area contributed by atoms with E-state index in [0.717, 1.165) is 11.1 Å². The van der Waals surface area contributed by atoms with Crippen molar-refractivity contribution >= 4 is 21.6 Å². The van der Waals surface area contributed by atoms with Crippen molar-refractivity contribution in [1.82, 2.24) is 4.72 Å². The number of carbonyl (C=O) groups excluding carboxylic acids is 1.